The molecule has 0 bridgehead atoms. The second-order valence-electron chi connectivity index (χ2n) is 5.57. The molecule has 2 heterocycles. The Hall–Kier alpha value is -3.21. The highest BCUT2D eigenvalue weighted by Gasteiger charge is 2.49. The number of alkyl halides is 3. The molecule has 0 amide bonds. The van der Waals surface area contributed by atoms with Crippen LogP contribution in [-0.2, 0) is 10.1 Å². The van der Waals surface area contributed by atoms with E-state index in [4.69, 9.17) is 14.2 Å². The summed E-state index contributed by atoms with van der Waals surface area (Å²) in [6.45, 7) is 0. The molecule has 146 valence electrons. The summed E-state index contributed by atoms with van der Waals surface area (Å²) in [6, 6.07) is 10.9. The van der Waals surface area contributed by atoms with Crippen LogP contribution in [0.5, 0.6) is 34.6 Å². The first-order valence-electron chi connectivity index (χ1n) is 7.67. The van der Waals surface area contributed by atoms with Gasteiger partial charge < -0.3 is 18.4 Å². The van der Waals surface area contributed by atoms with Gasteiger partial charge in [-0.25, -0.2) is 4.98 Å². The van der Waals surface area contributed by atoms with Gasteiger partial charge in [0.25, 0.3) is 5.88 Å². The fourth-order valence-electron chi connectivity index (χ4n) is 2.59. The highest BCUT2D eigenvalue weighted by Crippen LogP contribution is 2.55. The zero-order valence-corrected chi connectivity index (χ0v) is 14.8. The zero-order valence-electron chi connectivity index (χ0n) is 14.0. The Morgan fingerprint density at radius 1 is 0.964 bits per heavy atom. The number of halogens is 3. The molecule has 2 aromatic carbocycles. The predicted molar refractivity (Wildman–Crippen MR) is 90.5 cm³/mol. The van der Waals surface area contributed by atoms with Crippen LogP contribution in [0.4, 0.5) is 13.2 Å². The molecule has 0 saturated carbocycles. The van der Waals surface area contributed by atoms with Crippen LogP contribution < -0.4 is 18.4 Å². The number of nitrogens with zero attached hydrogens (tertiary/aromatic N) is 1. The van der Waals surface area contributed by atoms with Gasteiger partial charge >= 0.3 is 15.6 Å². The molecule has 4 rings (SSSR count). The predicted octanol–water partition coefficient (Wildman–Crippen LogP) is 4.37. The first-order valence-corrected chi connectivity index (χ1v) is 9.08. The molecule has 0 fully saturated rings. The normalized spacial score (nSPS) is 13.1. The lowest BCUT2D eigenvalue weighted by atomic mass is 10.1. The van der Waals surface area contributed by atoms with Crippen molar-refractivity contribution in [3.63, 3.8) is 0 Å². The van der Waals surface area contributed by atoms with Gasteiger partial charge in [0, 0.05) is 5.39 Å². The van der Waals surface area contributed by atoms with Crippen LogP contribution in [0.2, 0.25) is 0 Å². The molecular formula is C17H10F3NO6S. The highest BCUT2D eigenvalue weighted by atomic mass is 32.2. The quantitative estimate of drug-likeness (QED) is 0.364. The number of ether oxygens (including phenoxy) is 3. The molecule has 0 N–H and O–H groups in total. The first kappa shape index (κ1) is 18.2. The van der Waals surface area contributed by atoms with Gasteiger partial charge in [0.05, 0.1) is 12.6 Å². The smallest absolute Gasteiger partial charge is 0.493 e. The van der Waals surface area contributed by atoms with Gasteiger partial charge in [-0.05, 0) is 24.3 Å². The van der Waals surface area contributed by atoms with Crippen LogP contribution in [0.15, 0.2) is 42.5 Å². The van der Waals surface area contributed by atoms with Gasteiger partial charge in [0.2, 0.25) is 11.5 Å². The maximum atomic E-state index is 12.8. The maximum absolute atomic E-state index is 12.8. The fourth-order valence-corrected chi connectivity index (χ4v) is 3.01. The minimum absolute atomic E-state index is 0.0463. The van der Waals surface area contributed by atoms with Crippen molar-refractivity contribution in [3.8, 4) is 34.6 Å². The summed E-state index contributed by atoms with van der Waals surface area (Å²) in [7, 11) is -4.56. The molecule has 0 aliphatic carbocycles. The van der Waals surface area contributed by atoms with E-state index >= 15 is 0 Å². The number of fused-ring (bicyclic) bond motifs is 4. The topological polar surface area (TPSA) is 84.0 Å². The molecular weight excluding hydrogens is 403 g/mol. The van der Waals surface area contributed by atoms with E-state index in [-0.39, 0.29) is 22.8 Å². The lowest BCUT2D eigenvalue weighted by Crippen LogP contribution is -2.28. The lowest BCUT2D eigenvalue weighted by molar-refractivity contribution is -0.0501. The summed E-state index contributed by atoms with van der Waals surface area (Å²) in [5.74, 6) is -0.743. The summed E-state index contributed by atoms with van der Waals surface area (Å²) in [6.07, 6.45) is 0. The monoisotopic (exact) mass is 413 g/mol. The molecule has 3 aromatic rings. The Morgan fingerprint density at radius 3 is 2.43 bits per heavy atom. The Bertz CT molecular complexity index is 1190. The van der Waals surface area contributed by atoms with Crippen molar-refractivity contribution in [2.45, 2.75) is 5.51 Å². The van der Waals surface area contributed by atoms with E-state index in [2.05, 4.69) is 9.17 Å². The average molecular weight is 413 g/mol. The van der Waals surface area contributed by atoms with Crippen molar-refractivity contribution in [1.82, 2.24) is 4.98 Å². The number of aromatic nitrogens is 1. The maximum Gasteiger partial charge on any atom is 0.534 e. The van der Waals surface area contributed by atoms with Gasteiger partial charge in [-0.15, -0.1) is 0 Å². The molecule has 0 radical (unpaired) electrons. The summed E-state index contributed by atoms with van der Waals surface area (Å²) in [4.78, 5) is 3.87. The van der Waals surface area contributed by atoms with Gasteiger partial charge in [-0.1, -0.05) is 18.2 Å². The third-order valence-electron chi connectivity index (χ3n) is 3.82. The number of benzene rings is 2. The van der Waals surface area contributed by atoms with Crippen LogP contribution in [0.3, 0.4) is 0 Å². The summed E-state index contributed by atoms with van der Waals surface area (Å²) in [5, 5.41) is 0.380. The van der Waals surface area contributed by atoms with Crippen LogP contribution in [0, 0.1) is 0 Å². The summed E-state index contributed by atoms with van der Waals surface area (Å²) < 4.78 is 82.1. The second kappa shape index (κ2) is 6.16. The standard InChI is InChI=1S/C17H10F3NO6S/c1-24-11-7-4-8-12-14(11)26-13-9-5-2-3-6-10(9)21-16(15(13)25-12)27-28(22,23)17(18,19)20/h2-8H,1H3. The SMILES string of the molecule is COc1cccc2c1Oc1c(c(OS(=O)(=O)C(F)(F)F)nc3ccccc13)O2. The Labute approximate surface area is 156 Å². The van der Waals surface area contributed by atoms with Crippen molar-refractivity contribution in [3.05, 3.63) is 42.5 Å². The van der Waals surface area contributed by atoms with Crippen molar-refractivity contribution < 1.29 is 40.0 Å². The van der Waals surface area contributed by atoms with Crippen LogP contribution in [-0.4, -0.2) is 26.0 Å². The number of hydrogen-bond acceptors (Lipinski definition) is 7. The third kappa shape index (κ3) is 2.83. The number of rotatable bonds is 3. The Balaban J connectivity index is 1.93. The number of pyridine rings is 1. The molecule has 0 unspecified atom stereocenters. The molecule has 1 aliphatic rings. The lowest BCUT2D eigenvalue weighted by Gasteiger charge is -2.24. The van der Waals surface area contributed by atoms with Gasteiger partial charge in [0.15, 0.2) is 17.2 Å². The number of para-hydroxylation sites is 2. The molecule has 0 atom stereocenters. The van der Waals surface area contributed by atoms with Crippen molar-refractivity contribution in [1.29, 1.82) is 0 Å². The second-order valence-corrected chi connectivity index (χ2v) is 7.11. The molecule has 1 aromatic heterocycles. The van der Waals surface area contributed by atoms with Gasteiger partial charge in [-0.2, -0.15) is 21.6 Å². The molecule has 11 heteroatoms. The fraction of sp³-hybridized carbons (Fsp3) is 0.118. The first-order chi connectivity index (χ1) is 13.2. The summed E-state index contributed by atoms with van der Waals surface area (Å²) >= 11 is 0. The molecule has 28 heavy (non-hydrogen) atoms. The molecule has 1 aliphatic heterocycles. The zero-order chi connectivity index (χ0) is 20.1. The molecule has 0 spiro atoms. The van der Waals surface area contributed by atoms with Crippen molar-refractivity contribution in [2.24, 2.45) is 0 Å². The minimum atomic E-state index is -5.97. The van der Waals surface area contributed by atoms with Crippen LogP contribution in [0.1, 0.15) is 0 Å². The van der Waals surface area contributed by atoms with Gasteiger partial charge in [0.1, 0.15) is 0 Å². The van der Waals surface area contributed by atoms with Crippen LogP contribution >= 0.6 is 0 Å². The van der Waals surface area contributed by atoms with Crippen molar-refractivity contribution in [2.75, 3.05) is 7.11 Å². The van der Waals surface area contributed by atoms with Gasteiger partial charge in [-0.3, -0.25) is 0 Å². The highest BCUT2D eigenvalue weighted by molar-refractivity contribution is 7.88. The molecule has 0 saturated heterocycles. The summed E-state index contributed by atoms with van der Waals surface area (Å²) in [5.41, 5.74) is -5.49. The largest absolute Gasteiger partial charge is 0.534 e. The molecule has 7 nitrogen and oxygen atoms in total. The Morgan fingerprint density at radius 2 is 1.71 bits per heavy atom. The van der Waals surface area contributed by atoms with E-state index in [0.29, 0.717) is 11.1 Å². The van der Waals surface area contributed by atoms with E-state index in [0.717, 1.165) is 0 Å². The van der Waals surface area contributed by atoms with E-state index in [9.17, 15) is 21.6 Å². The number of hydrogen-bond donors (Lipinski definition) is 0. The van der Waals surface area contributed by atoms with E-state index in [1.54, 1.807) is 30.3 Å². The Kier molecular flexibility index (Phi) is 4.00. The third-order valence-corrected chi connectivity index (χ3v) is 4.77. The van der Waals surface area contributed by atoms with E-state index in [1.807, 2.05) is 0 Å². The average Bonchev–Trinajstić information content (AvgIpc) is 2.65. The van der Waals surface area contributed by atoms with E-state index in [1.165, 1.54) is 19.2 Å². The number of methoxy groups -OCH3 is 1. The van der Waals surface area contributed by atoms with Crippen molar-refractivity contribution >= 4 is 21.0 Å². The minimum Gasteiger partial charge on any atom is -0.493 e. The van der Waals surface area contributed by atoms with E-state index < -0.39 is 27.3 Å². The van der Waals surface area contributed by atoms with Crippen LogP contribution in [0.25, 0.3) is 10.9 Å².